The number of nitrogens with one attached hydrogen (secondary N) is 1. The van der Waals surface area contributed by atoms with E-state index in [4.69, 9.17) is 32.2 Å². The van der Waals surface area contributed by atoms with Gasteiger partial charge in [-0.15, -0.1) is 0 Å². The van der Waals surface area contributed by atoms with E-state index in [1.165, 1.54) is 6.92 Å². The van der Waals surface area contributed by atoms with Crippen molar-refractivity contribution in [2.45, 2.75) is 250 Å². The number of benzene rings is 2. The van der Waals surface area contributed by atoms with Crippen LogP contribution in [0.5, 0.6) is 0 Å². The fourth-order valence-electron chi connectivity index (χ4n) is 13.9. The zero-order valence-electron chi connectivity index (χ0n) is 51.7. The lowest BCUT2D eigenvalue weighted by molar-refractivity contribution is -0.344. The number of allylic oxidation sites excluding steroid dienone is 2. The molecule has 81 heavy (non-hydrogen) atoms. The summed E-state index contributed by atoms with van der Waals surface area (Å²) < 4.78 is 49.8. The monoisotopic (exact) mass is 1170 g/mol. The van der Waals surface area contributed by atoms with Crippen LogP contribution in [0.1, 0.15) is 163 Å². The number of carbonyl (C=O) groups is 5. The minimum atomic E-state index is -2.88. The number of hydrogen-bond acceptors (Lipinski definition) is 13. The van der Waals surface area contributed by atoms with E-state index in [9.17, 15) is 14.7 Å². The predicted octanol–water partition coefficient (Wildman–Crippen LogP) is 12.6. The summed E-state index contributed by atoms with van der Waals surface area (Å²) in [7, 11) is -8.33. The number of ether oxygens (including phenoxy) is 4. The summed E-state index contributed by atoms with van der Waals surface area (Å²) in [5, 5.41) is 17.7. The maximum atomic E-state index is 17.4. The highest BCUT2D eigenvalue weighted by molar-refractivity contribution is 6.74. The van der Waals surface area contributed by atoms with Gasteiger partial charge < -0.3 is 42.6 Å². The molecule has 17 heteroatoms. The molecule has 0 unspecified atom stereocenters. The van der Waals surface area contributed by atoms with Crippen molar-refractivity contribution in [1.82, 2.24) is 5.32 Å². The molecule has 0 spiro atoms. The number of amides is 1. The van der Waals surface area contributed by atoms with E-state index in [0.717, 1.165) is 18.1 Å². The van der Waals surface area contributed by atoms with Gasteiger partial charge >= 0.3 is 17.9 Å². The van der Waals surface area contributed by atoms with Crippen LogP contribution in [0.25, 0.3) is 0 Å². The second-order valence-electron chi connectivity index (χ2n) is 26.2. The Morgan fingerprint density at radius 3 is 1.99 bits per heavy atom. The Labute approximate surface area is 487 Å². The first-order valence-corrected chi connectivity index (χ1v) is 38.3. The normalized spacial score (nSPS) is 32.0. The van der Waals surface area contributed by atoms with Crippen LogP contribution >= 0.6 is 0 Å². The molecule has 3 fully saturated rings. The van der Waals surface area contributed by atoms with Gasteiger partial charge in [-0.1, -0.05) is 137 Å². The van der Waals surface area contributed by atoms with Crippen LogP contribution in [0.2, 0.25) is 54.4 Å². The van der Waals surface area contributed by atoms with E-state index in [1.54, 1.807) is 12.1 Å². The minimum Gasteiger partial charge on any atom is -0.456 e. The Balaban J connectivity index is 1.59. The minimum absolute atomic E-state index is 0.149. The third-order valence-electron chi connectivity index (χ3n) is 20.7. The first-order valence-electron chi connectivity index (χ1n) is 30.4. The first-order chi connectivity index (χ1) is 38.0. The van der Waals surface area contributed by atoms with E-state index in [0.29, 0.717) is 66.1 Å². The van der Waals surface area contributed by atoms with Gasteiger partial charge in [0.2, 0.25) is 5.91 Å². The predicted molar refractivity (Wildman–Crippen MR) is 322 cm³/mol. The van der Waals surface area contributed by atoms with Crippen molar-refractivity contribution in [3.05, 3.63) is 94.6 Å². The summed E-state index contributed by atoms with van der Waals surface area (Å²) in [6.45, 7) is 31.7. The number of aliphatic hydroxyl groups is 1. The van der Waals surface area contributed by atoms with Crippen molar-refractivity contribution >= 4 is 54.6 Å². The van der Waals surface area contributed by atoms with Crippen LogP contribution < -0.4 is 5.32 Å². The molecule has 1 amide bonds. The highest BCUT2D eigenvalue weighted by atomic mass is 28.4. The SMILES string of the molecule is CC[Si](CC)(CC)O[C@H]1C(=O)[C@]2(C)[C@@H](O[Si](CC)(CC)CC)C[C@H]3OC[C@@]3(OC(C)=O)[C@H]2[C@@H]2OC(=O)c3ccccc3C/C=C/CCCCC(=O)N[C@@H](c3ccccc3)[C@@H](O[Si](C)(C)C(C)(C)C)C(=O)O[C@H]3C[C@]2(O)C(C)(C)C1=C3C. The van der Waals surface area contributed by atoms with Crippen molar-refractivity contribution in [3.8, 4) is 0 Å². The van der Waals surface area contributed by atoms with Crippen molar-refractivity contribution in [1.29, 1.82) is 0 Å². The maximum Gasteiger partial charge on any atom is 0.338 e. The summed E-state index contributed by atoms with van der Waals surface area (Å²) in [4.78, 5) is 77.2. The third-order valence-corrected chi connectivity index (χ3v) is 34.5. The van der Waals surface area contributed by atoms with Crippen molar-refractivity contribution in [2.75, 3.05) is 6.61 Å². The fourth-order valence-corrected chi connectivity index (χ4v) is 20.8. The van der Waals surface area contributed by atoms with E-state index < -0.39 is 113 Å². The lowest BCUT2D eigenvalue weighted by Gasteiger charge is -2.68. The molecular formula is C64H97NO13Si3. The largest absolute Gasteiger partial charge is 0.456 e. The molecular weight excluding hydrogens is 1070 g/mol. The van der Waals surface area contributed by atoms with Gasteiger partial charge in [-0.3, -0.25) is 14.4 Å². The first kappa shape index (κ1) is 64.5. The number of Topliss-reactive ketones (excluding diaryl/α,β-unsaturated/α-hetero) is 1. The number of rotatable bonds is 14. The maximum absolute atomic E-state index is 17.4. The molecule has 3 aliphatic carbocycles. The summed E-state index contributed by atoms with van der Waals surface area (Å²) in [6, 6.07) is 19.8. The molecule has 14 nitrogen and oxygen atoms in total. The Morgan fingerprint density at radius 2 is 1.41 bits per heavy atom. The molecule has 0 aromatic heterocycles. The van der Waals surface area contributed by atoms with Gasteiger partial charge in [0.05, 0.1) is 35.6 Å². The number of esters is 3. The second kappa shape index (κ2) is 24.9. The molecule has 7 rings (SSSR count). The zero-order valence-corrected chi connectivity index (χ0v) is 54.7. The molecule has 3 bridgehead atoms. The summed E-state index contributed by atoms with van der Waals surface area (Å²) in [6.07, 6.45) is -0.827. The average Bonchev–Trinajstić information content (AvgIpc) is 1.83. The molecule has 5 aliphatic rings. The Morgan fingerprint density at radius 1 is 0.802 bits per heavy atom. The highest BCUT2D eigenvalue weighted by Gasteiger charge is 2.79. The quantitative estimate of drug-likeness (QED) is 0.0790. The second-order valence-corrected chi connectivity index (χ2v) is 40.4. The van der Waals surface area contributed by atoms with E-state index >= 15 is 14.4 Å². The molecule has 0 radical (unpaired) electrons. The number of carbonyl (C=O) groups excluding carboxylic acids is 5. The molecule has 2 aliphatic heterocycles. The van der Waals surface area contributed by atoms with Crippen LogP contribution in [0.4, 0.5) is 0 Å². The zero-order chi connectivity index (χ0) is 59.7. The van der Waals surface area contributed by atoms with Gasteiger partial charge in [0.25, 0.3) is 0 Å². The van der Waals surface area contributed by atoms with Crippen LogP contribution in [-0.4, -0.2) is 114 Å². The van der Waals surface area contributed by atoms with Crippen LogP contribution in [0, 0.1) is 16.7 Å². The summed E-state index contributed by atoms with van der Waals surface area (Å²) >= 11 is 0. The van der Waals surface area contributed by atoms with Crippen molar-refractivity contribution in [3.63, 3.8) is 0 Å². The molecule has 1 saturated heterocycles. The van der Waals surface area contributed by atoms with Crippen LogP contribution in [-0.2, 0) is 57.8 Å². The Kier molecular flexibility index (Phi) is 19.8. The van der Waals surface area contributed by atoms with E-state index in [2.05, 4.69) is 67.6 Å². The highest BCUT2D eigenvalue weighted by Crippen LogP contribution is 2.66. The van der Waals surface area contributed by atoms with Gasteiger partial charge in [-0.2, -0.15) is 0 Å². The van der Waals surface area contributed by atoms with E-state index in [-0.39, 0.29) is 48.2 Å². The standard InChI is InChI=1S/C64H97NO13Si3/c1-17-80(18-2,19-3)76-48-39-49-63(41-72-49,75-43(8)66)55-57-64(71)40-47(42(7)51(61(64,12)13)53(56(68)62(48,55)14)78-81(20-4,21-5)22-6)73-59(70)54(77-79(15,16)60(9,10)11)52(45-35-28-26-29-36-45)65-50(67)38-30-25-23-24-27-33-44-34-31-32-37-46(44)58(69)74-57/h24,26-29,31-32,34-37,47-49,52-55,57,71H,17-23,25,30,33,38-41H2,1-16H3,(H,65,67)/b27-24+/t47-,48-,49+,52-,53+,54+,55-,57-,62+,63-,64+/m0/s1. The third kappa shape index (κ3) is 12.0. The van der Waals surface area contributed by atoms with Gasteiger partial charge in [0, 0.05) is 31.6 Å². The topological polar surface area (TPSA) is 182 Å². The number of fused-ring (bicyclic) bond motifs is 7. The van der Waals surface area contributed by atoms with Gasteiger partial charge in [0.15, 0.2) is 42.4 Å². The molecule has 11 atom stereocenters. The molecule has 2 N–H and O–H groups in total. The molecule has 448 valence electrons. The molecule has 2 saturated carbocycles. The average molecular weight is 1170 g/mol. The lowest BCUT2D eigenvalue weighted by Crippen LogP contribution is -2.82. The van der Waals surface area contributed by atoms with Crippen LogP contribution in [0.15, 0.2) is 77.9 Å². The lowest BCUT2D eigenvalue weighted by atomic mass is 9.44. The summed E-state index contributed by atoms with van der Waals surface area (Å²) in [5.41, 5.74) is -4.45. The smallest absolute Gasteiger partial charge is 0.338 e. The molecule has 2 aromatic carbocycles. The number of ketones is 1. The van der Waals surface area contributed by atoms with Gasteiger partial charge in [-0.05, 0) is 122 Å². The fraction of sp³-hybridized carbons (Fsp3) is 0.672. The number of hydrogen-bond donors (Lipinski definition) is 2. The van der Waals surface area contributed by atoms with Gasteiger partial charge in [-0.25, -0.2) is 9.59 Å². The van der Waals surface area contributed by atoms with Gasteiger partial charge in [0.1, 0.15) is 30.0 Å². The molecule has 2 aromatic rings. The van der Waals surface area contributed by atoms with Crippen LogP contribution in [0.3, 0.4) is 0 Å². The summed E-state index contributed by atoms with van der Waals surface area (Å²) in [5.74, 6) is -4.04. The van der Waals surface area contributed by atoms with Crippen molar-refractivity contribution < 1.29 is 61.3 Å². The van der Waals surface area contributed by atoms with Crippen molar-refractivity contribution in [2.24, 2.45) is 16.7 Å². The Bertz CT molecular complexity index is 2660. The molecule has 2 heterocycles. The van der Waals surface area contributed by atoms with E-state index in [1.807, 2.05) is 95.4 Å². The Hall–Kier alpha value is -4.08.